The first-order valence-corrected chi connectivity index (χ1v) is 11.3. The van der Waals surface area contributed by atoms with Crippen LogP contribution in [0, 0.1) is 0 Å². The van der Waals surface area contributed by atoms with Gasteiger partial charge in [0.15, 0.2) is 25.0 Å². The van der Waals surface area contributed by atoms with E-state index in [0.29, 0.717) is 0 Å². The zero-order valence-electron chi connectivity index (χ0n) is 19.5. The second kappa shape index (κ2) is 12.2. The van der Waals surface area contributed by atoms with E-state index in [1.807, 2.05) is 0 Å². The lowest BCUT2D eigenvalue weighted by atomic mass is 9.96. The smallest absolute Gasteiger partial charge is 0.303 e. The lowest BCUT2D eigenvalue weighted by molar-refractivity contribution is -0.381. The zero-order chi connectivity index (χ0) is 26.9. The summed E-state index contributed by atoms with van der Waals surface area (Å²) in [6.45, 7) is 0.950. The Labute approximate surface area is 205 Å². The quantitative estimate of drug-likeness (QED) is 0.139. The van der Waals surface area contributed by atoms with Crippen LogP contribution in [-0.4, -0.2) is 157 Å². The van der Waals surface area contributed by atoms with Crippen molar-refractivity contribution in [2.24, 2.45) is 0 Å². The Morgan fingerprint density at radius 1 is 0.667 bits per heavy atom. The van der Waals surface area contributed by atoms with Crippen LogP contribution >= 0.6 is 0 Å². The third kappa shape index (κ3) is 5.97. The number of rotatable bonds is 7. The van der Waals surface area contributed by atoms with Gasteiger partial charge in [0.25, 0.3) is 0 Å². The Hall–Kier alpha value is -1.09. The predicted octanol–water partition coefficient (Wildman–Crippen LogP) is -5.97. The number of aliphatic hydroxyl groups excluding tert-OH is 9. The molecule has 0 amide bonds. The molecular formula is C20H34O16. The largest absolute Gasteiger partial charge is 0.454 e. The average Bonchev–Trinajstić information content (AvgIpc) is 2.83. The SMILES string of the molecule is CC(=O)O[C@H]1C(O)O[C@@H](C)[C@H](O[C@@H]2O[C@H](CO)[C@@H](O)[C@H](O)[C@H]2O)[C@H]1O[C@H]1O[C@H](CO)[C@H](O)[C@H](O)[C@H]1O. The van der Waals surface area contributed by atoms with Gasteiger partial charge in [-0.15, -0.1) is 0 Å². The molecule has 0 bridgehead atoms. The van der Waals surface area contributed by atoms with Gasteiger partial charge in [0.05, 0.1) is 19.3 Å². The van der Waals surface area contributed by atoms with Crippen molar-refractivity contribution in [3.63, 3.8) is 0 Å². The van der Waals surface area contributed by atoms with Crippen LogP contribution in [0.4, 0.5) is 0 Å². The third-order valence-electron chi connectivity index (χ3n) is 6.33. The first kappa shape index (κ1) is 29.5. The molecule has 15 atom stereocenters. The Bertz CT molecular complexity index is 722. The van der Waals surface area contributed by atoms with Gasteiger partial charge in [0.1, 0.15) is 61.0 Å². The minimum absolute atomic E-state index is 0.735. The van der Waals surface area contributed by atoms with Gasteiger partial charge in [0, 0.05) is 6.92 Å². The second-order valence-corrected chi connectivity index (χ2v) is 8.90. The van der Waals surface area contributed by atoms with Crippen molar-refractivity contribution >= 4 is 5.97 Å². The minimum atomic E-state index is -1.86. The number of carbonyl (C=O) groups excluding carboxylic acids is 1. The van der Waals surface area contributed by atoms with Crippen LogP contribution in [-0.2, 0) is 33.2 Å². The van der Waals surface area contributed by atoms with Crippen molar-refractivity contribution in [1.82, 2.24) is 0 Å². The fourth-order valence-electron chi connectivity index (χ4n) is 4.32. The number of carbonyl (C=O) groups is 1. The maximum Gasteiger partial charge on any atom is 0.303 e. The fourth-order valence-corrected chi connectivity index (χ4v) is 4.32. The number of esters is 1. The van der Waals surface area contributed by atoms with Gasteiger partial charge in [0.2, 0.25) is 0 Å². The van der Waals surface area contributed by atoms with Gasteiger partial charge in [-0.3, -0.25) is 4.79 Å². The predicted molar refractivity (Wildman–Crippen MR) is 109 cm³/mol. The molecule has 1 unspecified atom stereocenters. The monoisotopic (exact) mass is 530 g/mol. The fraction of sp³-hybridized carbons (Fsp3) is 0.950. The van der Waals surface area contributed by atoms with Crippen molar-refractivity contribution in [3.05, 3.63) is 0 Å². The zero-order valence-corrected chi connectivity index (χ0v) is 19.5. The summed E-state index contributed by atoms with van der Waals surface area (Å²) in [6, 6.07) is 0. The molecular weight excluding hydrogens is 496 g/mol. The maximum absolute atomic E-state index is 11.7. The van der Waals surface area contributed by atoms with Crippen LogP contribution in [0.1, 0.15) is 13.8 Å². The molecule has 9 N–H and O–H groups in total. The molecule has 3 aliphatic rings. The summed E-state index contributed by atoms with van der Waals surface area (Å²) < 4.78 is 32.7. The van der Waals surface area contributed by atoms with Crippen molar-refractivity contribution in [3.8, 4) is 0 Å². The summed E-state index contributed by atoms with van der Waals surface area (Å²) >= 11 is 0. The van der Waals surface area contributed by atoms with Crippen molar-refractivity contribution < 1.29 is 79.2 Å². The lowest BCUT2D eigenvalue weighted by Gasteiger charge is -2.48. The van der Waals surface area contributed by atoms with E-state index in [2.05, 4.69) is 0 Å². The molecule has 0 saturated carbocycles. The molecule has 0 aromatic heterocycles. The lowest BCUT2D eigenvalue weighted by Crippen LogP contribution is -2.66. The van der Waals surface area contributed by atoms with Crippen LogP contribution in [0.3, 0.4) is 0 Å². The number of hydrogen-bond donors (Lipinski definition) is 9. The van der Waals surface area contributed by atoms with Gasteiger partial charge in [-0.05, 0) is 6.92 Å². The van der Waals surface area contributed by atoms with E-state index in [-0.39, 0.29) is 0 Å². The molecule has 3 fully saturated rings. The van der Waals surface area contributed by atoms with E-state index in [9.17, 15) is 50.8 Å². The molecule has 3 rings (SSSR count). The van der Waals surface area contributed by atoms with Gasteiger partial charge < -0.3 is 74.4 Å². The number of hydrogen-bond acceptors (Lipinski definition) is 16. The summed E-state index contributed by atoms with van der Waals surface area (Å²) in [6.07, 6.45) is -24.0. The molecule has 0 aromatic carbocycles. The molecule has 3 aliphatic heterocycles. The van der Waals surface area contributed by atoms with E-state index in [0.717, 1.165) is 6.92 Å². The van der Waals surface area contributed by atoms with Crippen LogP contribution in [0.15, 0.2) is 0 Å². The van der Waals surface area contributed by atoms with E-state index >= 15 is 0 Å². The Balaban J connectivity index is 1.89. The van der Waals surface area contributed by atoms with Crippen molar-refractivity contribution in [1.29, 1.82) is 0 Å². The molecule has 0 spiro atoms. The molecule has 3 saturated heterocycles. The van der Waals surface area contributed by atoms with Crippen LogP contribution < -0.4 is 0 Å². The number of aliphatic hydroxyl groups is 9. The maximum atomic E-state index is 11.7. The van der Waals surface area contributed by atoms with Gasteiger partial charge in [-0.1, -0.05) is 0 Å². The molecule has 210 valence electrons. The highest BCUT2D eigenvalue weighted by atomic mass is 16.8. The molecule has 3 heterocycles. The molecule has 0 aliphatic carbocycles. The minimum Gasteiger partial charge on any atom is -0.454 e. The summed E-state index contributed by atoms with van der Waals surface area (Å²) in [5.74, 6) is -0.869. The van der Waals surface area contributed by atoms with Crippen molar-refractivity contribution in [2.45, 2.75) is 106 Å². The topological polar surface area (TPSA) is 255 Å². The summed E-state index contributed by atoms with van der Waals surface area (Å²) in [4.78, 5) is 11.7. The Kier molecular flexibility index (Phi) is 9.97. The highest BCUT2D eigenvalue weighted by Crippen LogP contribution is 2.33. The molecule has 16 nitrogen and oxygen atoms in total. The van der Waals surface area contributed by atoms with E-state index in [4.69, 9.17) is 28.4 Å². The molecule has 36 heavy (non-hydrogen) atoms. The first-order chi connectivity index (χ1) is 16.9. The normalized spacial score (nSPS) is 50.0. The molecule has 16 heteroatoms. The van der Waals surface area contributed by atoms with Crippen molar-refractivity contribution in [2.75, 3.05) is 13.2 Å². The van der Waals surface area contributed by atoms with E-state index in [1.165, 1.54) is 6.92 Å². The van der Waals surface area contributed by atoms with Gasteiger partial charge in [-0.25, -0.2) is 0 Å². The van der Waals surface area contributed by atoms with E-state index < -0.39 is 111 Å². The van der Waals surface area contributed by atoms with Crippen LogP contribution in [0.25, 0.3) is 0 Å². The standard InChI is InChI=1S/C20H34O16/c1-5-15(35-19-13(28)11(26)9(24)7(3-21)33-19)16(17(18(30)31-5)32-6(2)23)36-20-14(29)12(27)10(25)8(4-22)34-20/h5,7-22,24-30H,3-4H2,1-2H3/t5-,7+,8+,9+,10-,11-,12-,13+,14+,15-,16+,17+,18?,19-,20+/m0/s1. The number of ether oxygens (including phenoxy) is 6. The summed E-state index contributed by atoms with van der Waals surface area (Å²) in [5.41, 5.74) is 0. The average molecular weight is 530 g/mol. The molecule has 0 radical (unpaired) electrons. The van der Waals surface area contributed by atoms with E-state index in [1.54, 1.807) is 0 Å². The van der Waals surface area contributed by atoms with Gasteiger partial charge >= 0.3 is 5.97 Å². The van der Waals surface area contributed by atoms with Gasteiger partial charge in [-0.2, -0.15) is 0 Å². The van der Waals surface area contributed by atoms with Crippen LogP contribution in [0.2, 0.25) is 0 Å². The summed E-state index contributed by atoms with van der Waals surface area (Å²) in [7, 11) is 0. The first-order valence-electron chi connectivity index (χ1n) is 11.3. The highest BCUT2D eigenvalue weighted by Gasteiger charge is 2.54. The van der Waals surface area contributed by atoms with Crippen LogP contribution in [0.5, 0.6) is 0 Å². The molecule has 0 aromatic rings. The second-order valence-electron chi connectivity index (χ2n) is 8.90. The Morgan fingerprint density at radius 3 is 1.53 bits per heavy atom. The highest BCUT2D eigenvalue weighted by molar-refractivity contribution is 5.66. The summed E-state index contributed by atoms with van der Waals surface area (Å²) in [5, 5.41) is 90.2. The Morgan fingerprint density at radius 2 is 1.11 bits per heavy atom. The third-order valence-corrected chi connectivity index (χ3v) is 6.33.